The average molecular weight is 290 g/mol. The van der Waals surface area contributed by atoms with Crippen LogP contribution in [0.1, 0.15) is 15.9 Å². The predicted octanol–water partition coefficient (Wildman–Crippen LogP) is 2.72. The summed E-state index contributed by atoms with van der Waals surface area (Å²) in [6.07, 6.45) is 0.968. The van der Waals surface area contributed by atoms with Crippen molar-refractivity contribution in [2.45, 2.75) is 6.92 Å². The molecule has 0 atom stereocenters. The summed E-state index contributed by atoms with van der Waals surface area (Å²) in [5.41, 5.74) is 0.888. The molecule has 0 amide bonds. The van der Waals surface area contributed by atoms with E-state index >= 15 is 0 Å². The van der Waals surface area contributed by atoms with Crippen molar-refractivity contribution in [2.24, 2.45) is 0 Å². The second-order valence-electron chi connectivity index (χ2n) is 4.45. The molecule has 0 saturated heterocycles. The number of nitrogens with one attached hydrogen (secondary N) is 1. The molecule has 6 heteroatoms. The Labute approximate surface area is 121 Å². The second kappa shape index (κ2) is 6.69. The van der Waals surface area contributed by atoms with E-state index in [-0.39, 0.29) is 11.4 Å². The molecule has 0 aliphatic rings. The molecule has 0 fully saturated rings. The van der Waals surface area contributed by atoms with Crippen LogP contribution in [0.4, 0.5) is 10.2 Å². The molecule has 0 saturated carbocycles. The van der Waals surface area contributed by atoms with Crippen LogP contribution < -0.4 is 10.1 Å². The summed E-state index contributed by atoms with van der Waals surface area (Å²) in [4.78, 5) is 14.7. The molecule has 0 spiro atoms. The van der Waals surface area contributed by atoms with Crippen LogP contribution in [-0.2, 0) is 0 Å². The van der Waals surface area contributed by atoms with Crippen LogP contribution >= 0.6 is 0 Å². The Balaban J connectivity index is 1.90. The minimum absolute atomic E-state index is 0.122. The van der Waals surface area contributed by atoms with Crippen LogP contribution in [0.15, 0.2) is 36.5 Å². The van der Waals surface area contributed by atoms with Crippen molar-refractivity contribution >= 4 is 11.8 Å². The Morgan fingerprint density at radius 1 is 1.43 bits per heavy atom. The lowest BCUT2D eigenvalue weighted by Gasteiger charge is -2.10. The van der Waals surface area contributed by atoms with Gasteiger partial charge in [0.1, 0.15) is 29.6 Å². The van der Waals surface area contributed by atoms with Crippen LogP contribution in [0.3, 0.4) is 0 Å². The third kappa shape index (κ3) is 4.17. The molecular weight excluding hydrogens is 275 g/mol. The number of pyridine rings is 1. The quantitative estimate of drug-likeness (QED) is 0.800. The first-order chi connectivity index (χ1) is 10.1. The number of carboxylic acids is 1. The van der Waals surface area contributed by atoms with E-state index in [9.17, 15) is 9.18 Å². The minimum Gasteiger partial charge on any atom is -0.492 e. The Bertz CT molecular complexity index is 647. The van der Waals surface area contributed by atoms with Crippen LogP contribution in [-0.4, -0.2) is 29.2 Å². The van der Waals surface area contributed by atoms with E-state index in [1.54, 1.807) is 0 Å². The molecule has 1 heterocycles. The van der Waals surface area contributed by atoms with Gasteiger partial charge in [0.05, 0.1) is 12.7 Å². The maximum atomic E-state index is 13.0. The number of rotatable bonds is 6. The number of ether oxygens (including phenoxy) is 1. The highest BCUT2D eigenvalue weighted by atomic mass is 19.1. The molecule has 2 rings (SSSR count). The summed E-state index contributed by atoms with van der Waals surface area (Å²) in [5.74, 6) is -1.06. The van der Waals surface area contributed by atoms with Crippen LogP contribution in [0.2, 0.25) is 0 Å². The van der Waals surface area contributed by atoms with Crippen molar-refractivity contribution < 1.29 is 19.0 Å². The maximum absolute atomic E-state index is 13.0. The van der Waals surface area contributed by atoms with E-state index in [0.29, 0.717) is 13.2 Å². The standard InChI is InChI=1S/C15H15FN2O3/c1-10-3-2-4-12(7-10)21-6-5-17-14-13(15(19)20)8-11(16)9-18-14/h2-4,7-9H,5-6H2,1H3,(H,17,18)(H,19,20). The fraction of sp³-hybridized carbons (Fsp3) is 0.200. The van der Waals surface area contributed by atoms with E-state index in [1.807, 2.05) is 31.2 Å². The second-order valence-corrected chi connectivity index (χ2v) is 4.45. The number of aryl methyl sites for hydroxylation is 1. The lowest BCUT2D eigenvalue weighted by atomic mass is 10.2. The van der Waals surface area contributed by atoms with E-state index in [2.05, 4.69) is 10.3 Å². The summed E-state index contributed by atoms with van der Waals surface area (Å²) >= 11 is 0. The number of carbonyl (C=O) groups is 1. The number of aromatic carboxylic acids is 1. The zero-order valence-corrected chi connectivity index (χ0v) is 11.5. The zero-order chi connectivity index (χ0) is 15.2. The summed E-state index contributed by atoms with van der Waals surface area (Å²) < 4.78 is 18.5. The molecule has 21 heavy (non-hydrogen) atoms. The number of nitrogens with zero attached hydrogens (tertiary/aromatic N) is 1. The van der Waals surface area contributed by atoms with Crippen molar-refractivity contribution in [1.29, 1.82) is 0 Å². The van der Waals surface area contributed by atoms with Gasteiger partial charge in [-0.25, -0.2) is 14.2 Å². The average Bonchev–Trinajstić information content (AvgIpc) is 2.44. The van der Waals surface area contributed by atoms with Crippen LogP contribution in [0, 0.1) is 12.7 Å². The molecule has 2 aromatic rings. The Morgan fingerprint density at radius 3 is 2.95 bits per heavy atom. The third-order valence-electron chi connectivity index (χ3n) is 2.74. The van der Waals surface area contributed by atoms with Crippen LogP contribution in [0.5, 0.6) is 5.75 Å². The van der Waals surface area contributed by atoms with E-state index < -0.39 is 11.8 Å². The monoisotopic (exact) mass is 290 g/mol. The lowest BCUT2D eigenvalue weighted by molar-refractivity contribution is 0.0697. The minimum atomic E-state index is -1.23. The predicted molar refractivity (Wildman–Crippen MR) is 76.3 cm³/mol. The number of benzene rings is 1. The van der Waals surface area contributed by atoms with Crippen molar-refractivity contribution in [3.8, 4) is 5.75 Å². The number of aromatic nitrogens is 1. The molecule has 0 aliphatic heterocycles. The molecule has 110 valence electrons. The molecule has 0 bridgehead atoms. The summed E-state index contributed by atoms with van der Waals surface area (Å²) in [6.45, 7) is 2.65. The Hall–Kier alpha value is -2.63. The van der Waals surface area contributed by atoms with Gasteiger partial charge < -0.3 is 15.2 Å². The van der Waals surface area contributed by atoms with Crippen molar-refractivity contribution in [2.75, 3.05) is 18.5 Å². The number of hydrogen-bond donors (Lipinski definition) is 2. The Kier molecular flexibility index (Phi) is 4.71. The van der Waals surface area contributed by atoms with E-state index in [4.69, 9.17) is 9.84 Å². The highest BCUT2D eigenvalue weighted by Gasteiger charge is 2.12. The van der Waals surface area contributed by atoms with Gasteiger partial charge in [-0.1, -0.05) is 12.1 Å². The molecule has 0 unspecified atom stereocenters. The van der Waals surface area contributed by atoms with Gasteiger partial charge in [0.2, 0.25) is 0 Å². The normalized spacial score (nSPS) is 10.2. The van der Waals surface area contributed by atoms with Crippen LogP contribution in [0.25, 0.3) is 0 Å². The lowest BCUT2D eigenvalue weighted by Crippen LogP contribution is -2.15. The smallest absolute Gasteiger partial charge is 0.339 e. The highest BCUT2D eigenvalue weighted by molar-refractivity contribution is 5.93. The van der Waals surface area contributed by atoms with E-state index in [1.165, 1.54) is 0 Å². The fourth-order valence-corrected chi connectivity index (χ4v) is 1.79. The van der Waals surface area contributed by atoms with Gasteiger partial charge >= 0.3 is 5.97 Å². The first-order valence-corrected chi connectivity index (χ1v) is 6.38. The van der Waals surface area contributed by atoms with Crippen molar-refractivity contribution in [3.63, 3.8) is 0 Å². The maximum Gasteiger partial charge on any atom is 0.339 e. The topological polar surface area (TPSA) is 71.5 Å². The summed E-state index contributed by atoms with van der Waals surface area (Å²) in [6, 6.07) is 8.53. The number of halogens is 1. The molecule has 0 radical (unpaired) electrons. The first kappa shape index (κ1) is 14.8. The molecule has 2 N–H and O–H groups in total. The van der Waals surface area contributed by atoms with Gasteiger partial charge in [0, 0.05) is 0 Å². The Morgan fingerprint density at radius 2 is 2.24 bits per heavy atom. The zero-order valence-electron chi connectivity index (χ0n) is 11.5. The number of carboxylic acid groups (broad SMARTS) is 1. The van der Waals surface area contributed by atoms with Gasteiger partial charge in [0.15, 0.2) is 0 Å². The molecule has 0 aliphatic carbocycles. The highest BCUT2D eigenvalue weighted by Crippen LogP contribution is 2.14. The number of hydrogen-bond acceptors (Lipinski definition) is 4. The van der Waals surface area contributed by atoms with Gasteiger partial charge in [-0.15, -0.1) is 0 Å². The van der Waals surface area contributed by atoms with Gasteiger partial charge in [0.25, 0.3) is 0 Å². The van der Waals surface area contributed by atoms with E-state index in [0.717, 1.165) is 23.6 Å². The summed E-state index contributed by atoms with van der Waals surface area (Å²) in [5, 5.41) is 11.8. The third-order valence-corrected chi connectivity index (χ3v) is 2.74. The summed E-state index contributed by atoms with van der Waals surface area (Å²) in [7, 11) is 0. The fourth-order valence-electron chi connectivity index (χ4n) is 1.79. The van der Waals surface area contributed by atoms with Gasteiger partial charge in [-0.2, -0.15) is 0 Å². The van der Waals surface area contributed by atoms with Crippen molar-refractivity contribution in [1.82, 2.24) is 4.98 Å². The first-order valence-electron chi connectivity index (χ1n) is 6.38. The van der Waals surface area contributed by atoms with Gasteiger partial charge in [-0.3, -0.25) is 0 Å². The molecular formula is C15H15FN2O3. The van der Waals surface area contributed by atoms with Gasteiger partial charge in [-0.05, 0) is 30.7 Å². The SMILES string of the molecule is Cc1cccc(OCCNc2ncc(F)cc2C(=O)O)c1. The molecule has 1 aromatic heterocycles. The molecule has 1 aromatic carbocycles. The molecule has 5 nitrogen and oxygen atoms in total. The number of anilines is 1. The van der Waals surface area contributed by atoms with Crippen molar-refractivity contribution in [3.05, 3.63) is 53.5 Å². The largest absolute Gasteiger partial charge is 0.492 e.